The Hall–Kier alpha value is -0.120. The largest absolute Gasteiger partial charge is 0.375 e. The first kappa shape index (κ1) is 10.1. The predicted octanol–water partition coefficient (Wildman–Crippen LogP) is 1.12. The summed E-state index contributed by atoms with van der Waals surface area (Å²) in [5, 5.41) is 0. The van der Waals surface area contributed by atoms with Crippen LogP contribution in [-0.2, 0) is 4.74 Å². The van der Waals surface area contributed by atoms with E-state index in [1.54, 1.807) is 0 Å². The third-order valence-electron chi connectivity index (χ3n) is 4.48. The first-order chi connectivity index (χ1) is 7.36. The second-order valence-electron chi connectivity index (χ2n) is 5.31. The van der Waals surface area contributed by atoms with Gasteiger partial charge in [-0.2, -0.15) is 0 Å². The molecule has 3 nitrogen and oxygen atoms in total. The summed E-state index contributed by atoms with van der Waals surface area (Å²) in [7, 11) is 0. The molecular weight excluding hydrogens is 188 g/mol. The highest BCUT2D eigenvalue weighted by Crippen LogP contribution is 2.34. The molecule has 0 aromatic rings. The average Bonchev–Trinajstić information content (AvgIpc) is 2.85. The molecule has 1 aliphatic heterocycles. The van der Waals surface area contributed by atoms with Crippen molar-refractivity contribution in [3.8, 4) is 0 Å². The number of nitrogens with zero attached hydrogens (tertiary/aromatic N) is 1. The van der Waals surface area contributed by atoms with Gasteiger partial charge in [-0.1, -0.05) is 6.42 Å². The summed E-state index contributed by atoms with van der Waals surface area (Å²) < 4.78 is 5.84. The third kappa shape index (κ3) is 1.71. The maximum Gasteiger partial charge on any atom is 0.0731 e. The Morgan fingerprint density at radius 3 is 2.60 bits per heavy atom. The van der Waals surface area contributed by atoms with Crippen molar-refractivity contribution in [3.63, 3.8) is 0 Å². The zero-order valence-corrected chi connectivity index (χ0v) is 9.40. The van der Waals surface area contributed by atoms with E-state index in [1.165, 1.54) is 38.5 Å². The topological polar surface area (TPSA) is 38.5 Å². The van der Waals surface area contributed by atoms with Gasteiger partial charge in [0.15, 0.2) is 0 Å². The van der Waals surface area contributed by atoms with Gasteiger partial charge in [0.25, 0.3) is 0 Å². The highest BCUT2D eigenvalue weighted by atomic mass is 16.5. The quantitative estimate of drug-likeness (QED) is 0.705. The highest BCUT2D eigenvalue weighted by Gasteiger charge is 2.41. The Kier molecular flexibility index (Phi) is 2.71. The van der Waals surface area contributed by atoms with Crippen LogP contribution in [0.4, 0.5) is 0 Å². The minimum absolute atomic E-state index is 0.421. The van der Waals surface area contributed by atoms with Crippen LogP contribution in [0.2, 0.25) is 0 Å². The van der Waals surface area contributed by atoms with Crippen LogP contribution in [0.3, 0.4) is 0 Å². The maximum absolute atomic E-state index is 6.21. The molecule has 3 fully saturated rings. The first-order valence-corrected chi connectivity index (χ1v) is 6.49. The average molecular weight is 210 g/mol. The van der Waals surface area contributed by atoms with E-state index in [0.29, 0.717) is 24.2 Å². The molecule has 15 heavy (non-hydrogen) atoms. The van der Waals surface area contributed by atoms with Crippen LogP contribution in [-0.4, -0.2) is 42.3 Å². The molecule has 1 heterocycles. The number of rotatable bonds is 1. The fraction of sp³-hybridized carbons (Fsp3) is 1.00. The highest BCUT2D eigenvalue weighted by molar-refractivity contribution is 4.97. The zero-order valence-electron chi connectivity index (χ0n) is 9.40. The maximum atomic E-state index is 6.21. The minimum Gasteiger partial charge on any atom is -0.375 e. The van der Waals surface area contributed by atoms with E-state index in [4.69, 9.17) is 10.5 Å². The molecule has 3 heteroatoms. The summed E-state index contributed by atoms with van der Waals surface area (Å²) in [6.45, 7) is 2.03. The SMILES string of the molecule is NC1CCCC1N1CCOC2CCCC21. The number of fused-ring (bicyclic) bond motifs is 1. The van der Waals surface area contributed by atoms with Crippen molar-refractivity contribution in [2.75, 3.05) is 13.2 Å². The molecule has 86 valence electrons. The molecule has 0 aromatic carbocycles. The van der Waals surface area contributed by atoms with E-state index in [2.05, 4.69) is 4.90 Å². The summed E-state index contributed by atoms with van der Waals surface area (Å²) in [4.78, 5) is 2.68. The van der Waals surface area contributed by atoms with Gasteiger partial charge in [0.05, 0.1) is 12.7 Å². The summed E-state index contributed by atoms with van der Waals surface area (Å²) in [6, 6.07) is 1.76. The van der Waals surface area contributed by atoms with Crippen molar-refractivity contribution in [1.29, 1.82) is 0 Å². The Balaban J connectivity index is 1.73. The summed E-state index contributed by atoms with van der Waals surface area (Å²) in [6.07, 6.45) is 8.31. The lowest BCUT2D eigenvalue weighted by Gasteiger charge is -2.42. The molecule has 0 spiro atoms. The van der Waals surface area contributed by atoms with Gasteiger partial charge >= 0.3 is 0 Å². The van der Waals surface area contributed by atoms with Gasteiger partial charge in [0.2, 0.25) is 0 Å². The van der Waals surface area contributed by atoms with Gasteiger partial charge in [-0.05, 0) is 32.1 Å². The molecule has 3 aliphatic rings. The molecule has 0 radical (unpaired) electrons. The Labute approximate surface area is 91.9 Å². The normalized spacial score (nSPS) is 47.0. The van der Waals surface area contributed by atoms with Crippen LogP contribution in [0.15, 0.2) is 0 Å². The molecular formula is C12H22N2O. The van der Waals surface area contributed by atoms with Crippen molar-refractivity contribution in [2.24, 2.45) is 5.73 Å². The van der Waals surface area contributed by atoms with Crippen molar-refractivity contribution < 1.29 is 4.74 Å². The van der Waals surface area contributed by atoms with E-state index in [0.717, 1.165) is 13.2 Å². The van der Waals surface area contributed by atoms with Crippen LogP contribution in [0.1, 0.15) is 38.5 Å². The van der Waals surface area contributed by atoms with Crippen molar-refractivity contribution >= 4 is 0 Å². The molecule has 4 unspecified atom stereocenters. The summed E-state index contributed by atoms with van der Waals surface area (Å²) in [5.41, 5.74) is 6.21. The second kappa shape index (κ2) is 4.04. The van der Waals surface area contributed by atoms with Crippen LogP contribution in [0, 0.1) is 0 Å². The van der Waals surface area contributed by atoms with Crippen LogP contribution >= 0.6 is 0 Å². The summed E-state index contributed by atoms with van der Waals surface area (Å²) >= 11 is 0. The van der Waals surface area contributed by atoms with E-state index in [-0.39, 0.29) is 0 Å². The number of hydrogen-bond donors (Lipinski definition) is 1. The van der Waals surface area contributed by atoms with Gasteiger partial charge < -0.3 is 10.5 Å². The Morgan fingerprint density at radius 2 is 1.80 bits per heavy atom. The third-order valence-corrected chi connectivity index (χ3v) is 4.48. The molecule has 2 aliphatic carbocycles. The summed E-state index contributed by atoms with van der Waals surface area (Å²) in [5.74, 6) is 0. The fourth-order valence-corrected chi connectivity index (χ4v) is 3.75. The molecule has 4 atom stereocenters. The van der Waals surface area contributed by atoms with Gasteiger partial charge in [-0.15, -0.1) is 0 Å². The Bertz CT molecular complexity index is 230. The van der Waals surface area contributed by atoms with Crippen LogP contribution in [0.5, 0.6) is 0 Å². The van der Waals surface area contributed by atoms with E-state index >= 15 is 0 Å². The molecule has 1 saturated heterocycles. The van der Waals surface area contributed by atoms with Gasteiger partial charge in [-0.3, -0.25) is 4.90 Å². The van der Waals surface area contributed by atoms with Crippen molar-refractivity contribution in [2.45, 2.75) is 62.8 Å². The molecule has 3 rings (SSSR count). The van der Waals surface area contributed by atoms with E-state index in [9.17, 15) is 0 Å². The van der Waals surface area contributed by atoms with E-state index < -0.39 is 0 Å². The monoisotopic (exact) mass is 210 g/mol. The molecule has 0 amide bonds. The zero-order chi connectivity index (χ0) is 10.3. The first-order valence-electron chi connectivity index (χ1n) is 6.49. The molecule has 2 N–H and O–H groups in total. The van der Waals surface area contributed by atoms with Crippen molar-refractivity contribution in [1.82, 2.24) is 4.90 Å². The molecule has 0 aromatic heterocycles. The fourth-order valence-electron chi connectivity index (χ4n) is 3.75. The number of hydrogen-bond acceptors (Lipinski definition) is 3. The molecule has 2 saturated carbocycles. The number of nitrogens with two attached hydrogens (primary N) is 1. The van der Waals surface area contributed by atoms with E-state index in [1.807, 2.05) is 0 Å². The van der Waals surface area contributed by atoms with Crippen LogP contribution in [0.25, 0.3) is 0 Å². The number of ether oxygens (including phenoxy) is 1. The van der Waals surface area contributed by atoms with Gasteiger partial charge in [0, 0.05) is 24.7 Å². The standard InChI is InChI=1S/C12H22N2O/c13-9-3-1-4-10(9)14-7-8-15-12-6-2-5-11(12)14/h9-12H,1-8,13H2. The number of morpholine rings is 1. The lowest BCUT2D eigenvalue weighted by atomic mass is 10.0. The lowest BCUT2D eigenvalue weighted by Crippen LogP contribution is -2.56. The second-order valence-corrected chi connectivity index (χ2v) is 5.31. The van der Waals surface area contributed by atoms with Gasteiger partial charge in [-0.25, -0.2) is 0 Å². The Morgan fingerprint density at radius 1 is 1.00 bits per heavy atom. The van der Waals surface area contributed by atoms with Gasteiger partial charge in [0.1, 0.15) is 0 Å². The molecule has 0 bridgehead atoms. The lowest BCUT2D eigenvalue weighted by molar-refractivity contribution is -0.0726. The van der Waals surface area contributed by atoms with Crippen LogP contribution < -0.4 is 5.73 Å². The smallest absolute Gasteiger partial charge is 0.0731 e. The van der Waals surface area contributed by atoms with Crippen molar-refractivity contribution in [3.05, 3.63) is 0 Å². The minimum atomic E-state index is 0.421. The predicted molar refractivity (Wildman–Crippen MR) is 59.7 cm³/mol.